The third-order valence-electron chi connectivity index (χ3n) is 3.36. The summed E-state index contributed by atoms with van der Waals surface area (Å²) < 4.78 is 0. The Morgan fingerprint density at radius 1 is 1.33 bits per heavy atom. The molecule has 0 bridgehead atoms. The van der Waals surface area contributed by atoms with Crippen molar-refractivity contribution in [1.29, 1.82) is 0 Å². The first-order valence-electron chi connectivity index (χ1n) is 6.80. The standard InChI is InChI=1S/C15H22ClNS/c1-3-18-10-11(2)17-15(12-4-5-12)13-6-8-14(16)9-7-13/h6-9,11-12,15,17H,3-5,10H2,1-2H3. The van der Waals surface area contributed by atoms with Gasteiger partial charge in [-0.1, -0.05) is 30.7 Å². The molecule has 2 rings (SSSR count). The number of hydrogen-bond donors (Lipinski definition) is 1. The Kier molecular flexibility index (Phi) is 5.40. The van der Waals surface area contributed by atoms with E-state index in [1.807, 2.05) is 23.9 Å². The highest BCUT2D eigenvalue weighted by atomic mass is 35.5. The van der Waals surface area contributed by atoms with Crippen LogP contribution in [0.1, 0.15) is 38.3 Å². The number of halogens is 1. The minimum absolute atomic E-state index is 0.509. The minimum atomic E-state index is 0.509. The zero-order valence-corrected chi connectivity index (χ0v) is 12.7. The average molecular weight is 284 g/mol. The summed E-state index contributed by atoms with van der Waals surface area (Å²) in [6, 6.07) is 9.40. The molecule has 1 saturated carbocycles. The van der Waals surface area contributed by atoms with Gasteiger partial charge >= 0.3 is 0 Å². The molecule has 1 aliphatic carbocycles. The fourth-order valence-corrected chi connectivity index (χ4v) is 3.06. The Balaban J connectivity index is 1.97. The molecule has 0 aliphatic heterocycles. The lowest BCUT2D eigenvalue weighted by Gasteiger charge is -2.23. The van der Waals surface area contributed by atoms with Gasteiger partial charge in [-0.05, 0) is 49.1 Å². The van der Waals surface area contributed by atoms with Crippen LogP contribution in [0.3, 0.4) is 0 Å². The summed E-state index contributed by atoms with van der Waals surface area (Å²) in [5, 5.41) is 4.61. The van der Waals surface area contributed by atoms with Crippen molar-refractivity contribution in [2.24, 2.45) is 5.92 Å². The zero-order valence-electron chi connectivity index (χ0n) is 11.2. The second kappa shape index (κ2) is 6.83. The number of thioether (sulfide) groups is 1. The van der Waals surface area contributed by atoms with E-state index in [2.05, 4.69) is 31.3 Å². The van der Waals surface area contributed by atoms with Gasteiger partial charge in [0, 0.05) is 22.9 Å². The third-order valence-corrected chi connectivity index (χ3v) is 4.75. The van der Waals surface area contributed by atoms with Gasteiger partial charge in [0.2, 0.25) is 0 Å². The molecule has 0 spiro atoms. The summed E-state index contributed by atoms with van der Waals surface area (Å²) in [4.78, 5) is 0. The molecule has 0 saturated heterocycles. The molecule has 0 heterocycles. The van der Waals surface area contributed by atoms with E-state index in [4.69, 9.17) is 11.6 Å². The van der Waals surface area contributed by atoms with Crippen LogP contribution in [-0.2, 0) is 0 Å². The molecule has 0 amide bonds. The van der Waals surface area contributed by atoms with Gasteiger partial charge in [0.15, 0.2) is 0 Å². The molecule has 1 aliphatic rings. The highest BCUT2D eigenvalue weighted by Crippen LogP contribution is 2.41. The lowest BCUT2D eigenvalue weighted by atomic mass is 10.0. The van der Waals surface area contributed by atoms with Crippen LogP contribution in [-0.4, -0.2) is 17.5 Å². The fraction of sp³-hybridized carbons (Fsp3) is 0.600. The van der Waals surface area contributed by atoms with Gasteiger partial charge in [0.25, 0.3) is 0 Å². The first kappa shape index (κ1) is 14.2. The van der Waals surface area contributed by atoms with E-state index in [9.17, 15) is 0 Å². The van der Waals surface area contributed by atoms with Crippen molar-refractivity contribution in [3.05, 3.63) is 34.9 Å². The van der Waals surface area contributed by atoms with Gasteiger partial charge in [-0.15, -0.1) is 0 Å². The van der Waals surface area contributed by atoms with Gasteiger partial charge in [-0.3, -0.25) is 0 Å². The lowest BCUT2D eigenvalue weighted by Crippen LogP contribution is -2.33. The van der Waals surface area contributed by atoms with Crippen molar-refractivity contribution in [2.45, 2.75) is 38.8 Å². The smallest absolute Gasteiger partial charge is 0.0406 e. The number of nitrogens with one attached hydrogen (secondary N) is 1. The van der Waals surface area contributed by atoms with Gasteiger partial charge in [-0.25, -0.2) is 0 Å². The van der Waals surface area contributed by atoms with Crippen molar-refractivity contribution >= 4 is 23.4 Å². The van der Waals surface area contributed by atoms with E-state index in [-0.39, 0.29) is 0 Å². The van der Waals surface area contributed by atoms with Crippen LogP contribution in [0.15, 0.2) is 24.3 Å². The van der Waals surface area contributed by atoms with Crippen molar-refractivity contribution in [1.82, 2.24) is 5.32 Å². The van der Waals surface area contributed by atoms with Crippen LogP contribution >= 0.6 is 23.4 Å². The predicted octanol–water partition coefficient (Wildman–Crippen LogP) is 4.52. The molecule has 1 aromatic carbocycles. The Morgan fingerprint density at radius 3 is 2.56 bits per heavy atom. The fourth-order valence-electron chi connectivity index (χ4n) is 2.25. The molecule has 100 valence electrons. The first-order chi connectivity index (χ1) is 8.70. The van der Waals surface area contributed by atoms with Crippen LogP contribution < -0.4 is 5.32 Å². The zero-order chi connectivity index (χ0) is 13.0. The molecule has 1 aromatic rings. The van der Waals surface area contributed by atoms with Crippen molar-refractivity contribution in [2.75, 3.05) is 11.5 Å². The molecule has 2 atom stereocenters. The maximum Gasteiger partial charge on any atom is 0.0406 e. The van der Waals surface area contributed by atoms with Crippen LogP contribution in [0.2, 0.25) is 5.02 Å². The van der Waals surface area contributed by atoms with Gasteiger partial charge in [0.05, 0.1) is 0 Å². The van der Waals surface area contributed by atoms with E-state index in [0.717, 1.165) is 10.9 Å². The van der Waals surface area contributed by atoms with Crippen LogP contribution in [0, 0.1) is 5.92 Å². The van der Waals surface area contributed by atoms with Crippen LogP contribution in [0.4, 0.5) is 0 Å². The third kappa shape index (κ3) is 4.18. The molecule has 0 aromatic heterocycles. The van der Waals surface area contributed by atoms with Gasteiger partial charge < -0.3 is 5.32 Å². The topological polar surface area (TPSA) is 12.0 Å². The molecule has 2 unspecified atom stereocenters. The SMILES string of the molecule is CCSCC(C)NC(c1ccc(Cl)cc1)C1CC1. The van der Waals surface area contributed by atoms with E-state index in [1.54, 1.807) is 0 Å². The lowest BCUT2D eigenvalue weighted by molar-refractivity contribution is 0.440. The Bertz CT molecular complexity index is 361. The summed E-state index contributed by atoms with van der Waals surface area (Å²) in [5.74, 6) is 3.20. The van der Waals surface area contributed by atoms with Gasteiger partial charge in [0.1, 0.15) is 0 Å². The Morgan fingerprint density at radius 2 is 2.00 bits per heavy atom. The number of hydrogen-bond acceptors (Lipinski definition) is 2. The van der Waals surface area contributed by atoms with Crippen molar-refractivity contribution in [3.63, 3.8) is 0 Å². The highest BCUT2D eigenvalue weighted by molar-refractivity contribution is 7.99. The molecular weight excluding hydrogens is 262 g/mol. The van der Waals surface area contributed by atoms with E-state index in [0.29, 0.717) is 12.1 Å². The van der Waals surface area contributed by atoms with E-state index >= 15 is 0 Å². The Labute approximate surface area is 120 Å². The molecular formula is C15H22ClNS. The molecule has 1 fully saturated rings. The maximum atomic E-state index is 5.96. The summed E-state index contributed by atoms with van der Waals surface area (Å²) in [6.45, 7) is 4.50. The highest BCUT2D eigenvalue weighted by Gasteiger charge is 2.32. The second-order valence-electron chi connectivity index (χ2n) is 5.09. The summed E-state index contributed by atoms with van der Waals surface area (Å²) in [7, 11) is 0. The number of rotatable bonds is 7. The van der Waals surface area contributed by atoms with Crippen LogP contribution in [0.25, 0.3) is 0 Å². The van der Waals surface area contributed by atoms with Crippen molar-refractivity contribution < 1.29 is 0 Å². The largest absolute Gasteiger partial charge is 0.306 e. The monoisotopic (exact) mass is 283 g/mol. The molecule has 1 nitrogen and oxygen atoms in total. The predicted molar refractivity (Wildman–Crippen MR) is 82.5 cm³/mol. The molecule has 3 heteroatoms. The summed E-state index contributed by atoms with van der Waals surface area (Å²) in [5.41, 5.74) is 1.38. The summed E-state index contributed by atoms with van der Waals surface area (Å²) >= 11 is 7.97. The van der Waals surface area contributed by atoms with Gasteiger partial charge in [-0.2, -0.15) is 11.8 Å². The van der Waals surface area contributed by atoms with E-state index in [1.165, 1.54) is 29.9 Å². The second-order valence-corrected chi connectivity index (χ2v) is 6.85. The quantitative estimate of drug-likeness (QED) is 0.789. The van der Waals surface area contributed by atoms with Crippen LogP contribution in [0.5, 0.6) is 0 Å². The molecule has 0 radical (unpaired) electrons. The van der Waals surface area contributed by atoms with Crippen molar-refractivity contribution in [3.8, 4) is 0 Å². The minimum Gasteiger partial charge on any atom is -0.306 e. The van der Waals surface area contributed by atoms with E-state index < -0.39 is 0 Å². The Hall–Kier alpha value is -0.180. The first-order valence-corrected chi connectivity index (χ1v) is 8.33. The summed E-state index contributed by atoms with van der Waals surface area (Å²) in [6.07, 6.45) is 2.71. The molecule has 18 heavy (non-hydrogen) atoms. The number of benzene rings is 1. The average Bonchev–Trinajstić information content (AvgIpc) is 3.19. The normalized spacial score (nSPS) is 18.6. The molecule has 1 N–H and O–H groups in total. The maximum absolute atomic E-state index is 5.96.